The van der Waals surface area contributed by atoms with Gasteiger partial charge in [-0.05, 0) is 55.3 Å². The molecule has 0 radical (unpaired) electrons. The lowest BCUT2D eigenvalue weighted by Gasteiger charge is -2.23. The van der Waals surface area contributed by atoms with Crippen LogP contribution < -0.4 is 9.64 Å². The first-order chi connectivity index (χ1) is 15.4. The third-order valence-electron chi connectivity index (χ3n) is 5.09. The number of amides is 1. The molecule has 2 aromatic carbocycles. The number of aryl methyl sites for hydroxylation is 1. The third-order valence-corrected chi connectivity index (χ3v) is 5.62. The summed E-state index contributed by atoms with van der Waals surface area (Å²) in [6, 6.07) is 14.7. The van der Waals surface area contributed by atoms with E-state index in [2.05, 4.69) is 21.1 Å². The van der Waals surface area contributed by atoms with E-state index in [1.165, 1.54) is 4.90 Å². The number of hydrogen-bond donors (Lipinski definition) is 1. The maximum Gasteiger partial charge on any atom is 0.301 e. The van der Waals surface area contributed by atoms with Crippen LogP contribution in [-0.4, -0.2) is 28.6 Å². The average Bonchev–Trinajstić information content (AvgIpc) is 3.33. The van der Waals surface area contributed by atoms with Crippen LogP contribution in [0.2, 0.25) is 0 Å². The number of rotatable bonds is 6. The van der Waals surface area contributed by atoms with Crippen LogP contribution in [0.5, 0.6) is 5.75 Å². The Morgan fingerprint density at radius 1 is 1.16 bits per heavy atom. The second kappa shape index (κ2) is 9.00. The van der Waals surface area contributed by atoms with Gasteiger partial charge in [0.2, 0.25) is 0 Å². The van der Waals surface area contributed by atoms with E-state index in [9.17, 15) is 14.7 Å². The van der Waals surface area contributed by atoms with Crippen molar-refractivity contribution in [1.29, 1.82) is 0 Å². The summed E-state index contributed by atoms with van der Waals surface area (Å²) in [5.41, 5.74) is 1.04. The highest BCUT2D eigenvalue weighted by molar-refractivity contribution is 9.10. The quantitative estimate of drug-likeness (QED) is 0.287. The smallest absolute Gasteiger partial charge is 0.301 e. The number of carbonyl (C=O) groups is 2. The van der Waals surface area contributed by atoms with Crippen molar-refractivity contribution in [2.75, 3.05) is 11.5 Å². The van der Waals surface area contributed by atoms with Crippen molar-refractivity contribution in [1.82, 2.24) is 5.16 Å². The fourth-order valence-electron chi connectivity index (χ4n) is 3.58. The van der Waals surface area contributed by atoms with E-state index >= 15 is 0 Å². The molecule has 32 heavy (non-hydrogen) atoms. The molecule has 1 aromatic heterocycles. The number of aromatic nitrogens is 1. The minimum absolute atomic E-state index is 0.0137. The Morgan fingerprint density at radius 2 is 1.84 bits per heavy atom. The van der Waals surface area contributed by atoms with E-state index in [-0.39, 0.29) is 17.2 Å². The number of aliphatic hydroxyl groups is 1. The topological polar surface area (TPSA) is 92.9 Å². The Balaban J connectivity index is 1.83. The Labute approximate surface area is 193 Å². The van der Waals surface area contributed by atoms with Crippen molar-refractivity contribution < 1.29 is 24.0 Å². The molecule has 0 unspecified atom stereocenters. The molecule has 1 amide bonds. The van der Waals surface area contributed by atoms with Crippen LogP contribution in [0.1, 0.15) is 36.3 Å². The summed E-state index contributed by atoms with van der Waals surface area (Å²) in [7, 11) is 0. The Bertz CT molecular complexity index is 1180. The average molecular weight is 497 g/mol. The summed E-state index contributed by atoms with van der Waals surface area (Å²) in [6.45, 7) is 4.29. The molecule has 1 atom stereocenters. The van der Waals surface area contributed by atoms with Gasteiger partial charge in [-0.25, -0.2) is 0 Å². The molecule has 4 rings (SSSR count). The third kappa shape index (κ3) is 4.05. The van der Waals surface area contributed by atoms with Gasteiger partial charge in [-0.1, -0.05) is 40.1 Å². The van der Waals surface area contributed by atoms with E-state index < -0.39 is 17.7 Å². The Morgan fingerprint density at radius 3 is 2.44 bits per heavy atom. The number of benzene rings is 2. The minimum Gasteiger partial charge on any atom is -0.507 e. The molecule has 1 N–H and O–H groups in total. The molecule has 1 fully saturated rings. The SMILES string of the molecule is CCCOc1ccc(/C(O)=C2\C(=O)C(=O)N(c3cc(C)on3)[C@H]2c2ccc(Br)cc2)cc1. The van der Waals surface area contributed by atoms with E-state index in [0.29, 0.717) is 29.2 Å². The van der Waals surface area contributed by atoms with Crippen LogP contribution >= 0.6 is 15.9 Å². The van der Waals surface area contributed by atoms with Crippen LogP contribution in [0.4, 0.5) is 5.82 Å². The monoisotopic (exact) mass is 496 g/mol. The molecule has 3 aromatic rings. The van der Waals surface area contributed by atoms with Crippen LogP contribution in [0.25, 0.3) is 5.76 Å². The molecule has 7 nitrogen and oxygen atoms in total. The standard InChI is InChI=1S/C24H21BrN2O5/c1-3-12-31-18-10-6-16(7-11-18)22(28)20-21(15-4-8-17(25)9-5-15)27(24(30)23(20)29)19-13-14(2)32-26-19/h4-11,13,21,28H,3,12H2,1-2H3/b22-20+/t21-/m0/s1. The molecule has 8 heteroatoms. The number of hydrogen-bond acceptors (Lipinski definition) is 6. The fraction of sp³-hybridized carbons (Fsp3) is 0.208. The number of aliphatic hydroxyl groups excluding tert-OH is 1. The molecular formula is C24H21BrN2O5. The van der Waals surface area contributed by atoms with E-state index in [1.54, 1.807) is 49.4 Å². The number of ketones is 1. The van der Waals surface area contributed by atoms with E-state index in [1.807, 2.05) is 19.1 Å². The zero-order valence-electron chi connectivity index (χ0n) is 17.5. The summed E-state index contributed by atoms with van der Waals surface area (Å²) in [4.78, 5) is 27.3. The zero-order chi connectivity index (χ0) is 22.8. The normalized spacial score (nSPS) is 17.7. The fourth-order valence-corrected chi connectivity index (χ4v) is 3.84. The van der Waals surface area contributed by atoms with Crippen LogP contribution in [0.3, 0.4) is 0 Å². The summed E-state index contributed by atoms with van der Waals surface area (Å²) in [6.07, 6.45) is 0.875. The molecular weight excluding hydrogens is 476 g/mol. The van der Waals surface area contributed by atoms with Crippen molar-refractivity contribution in [2.45, 2.75) is 26.3 Å². The first kappa shape index (κ1) is 21.8. The van der Waals surface area contributed by atoms with Crippen LogP contribution in [0.15, 0.2) is 69.2 Å². The highest BCUT2D eigenvalue weighted by atomic mass is 79.9. The van der Waals surface area contributed by atoms with Gasteiger partial charge in [0.05, 0.1) is 18.2 Å². The molecule has 0 bridgehead atoms. The second-order valence-electron chi connectivity index (χ2n) is 7.39. The predicted molar refractivity (Wildman–Crippen MR) is 122 cm³/mol. The molecule has 1 aliphatic heterocycles. The maximum absolute atomic E-state index is 13.1. The number of Topliss-reactive ketones (excluding diaryl/α,β-unsaturated/α-hetero) is 1. The van der Waals surface area contributed by atoms with Gasteiger partial charge in [0.15, 0.2) is 5.82 Å². The van der Waals surface area contributed by atoms with Gasteiger partial charge >= 0.3 is 5.91 Å². The van der Waals surface area contributed by atoms with E-state index in [4.69, 9.17) is 9.26 Å². The first-order valence-electron chi connectivity index (χ1n) is 10.1. The minimum atomic E-state index is -0.858. The van der Waals surface area contributed by atoms with Crippen molar-refractivity contribution in [3.8, 4) is 5.75 Å². The number of ether oxygens (including phenoxy) is 1. The van der Waals surface area contributed by atoms with Gasteiger partial charge in [0.1, 0.15) is 17.3 Å². The molecule has 2 heterocycles. The Hall–Kier alpha value is -3.39. The zero-order valence-corrected chi connectivity index (χ0v) is 19.1. The van der Waals surface area contributed by atoms with Crippen molar-refractivity contribution in [3.63, 3.8) is 0 Å². The summed E-state index contributed by atoms with van der Waals surface area (Å²) in [5.74, 6) is -0.468. The lowest BCUT2D eigenvalue weighted by atomic mass is 9.95. The van der Waals surface area contributed by atoms with Gasteiger partial charge < -0.3 is 14.4 Å². The molecule has 164 valence electrons. The van der Waals surface area contributed by atoms with Crippen LogP contribution in [0, 0.1) is 6.92 Å². The largest absolute Gasteiger partial charge is 0.507 e. The molecule has 1 aliphatic rings. The lowest BCUT2D eigenvalue weighted by Crippen LogP contribution is -2.29. The number of nitrogens with zero attached hydrogens (tertiary/aromatic N) is 2. The number of carbonyl (C=O) groups excluding carboxylic acids is 2. The van der Waals surface area contributed by atoms with Gasteiger partial charge in [-0.3, -0.25) is 14.5 Å². The lowest BCUT2D eigenvalue weighted by molar-refractivity contribution is -0.132. The molecule has 1 saturated heterocycles. The highest BCUT2D eigenvalue weighted by Gasteiger charge is 2.48. The van der Waals surface area contributed by atoms with Crippen LogP contribution in [-0.2, 0) is 9.59 Å². The molecule has 0 spiro atoms. The first-order valence-corrected chi connectivity index (χ1v) is 10.9. The summed E-state index contributed by atoms with van der Waals surface area (Å²) < 4.78 is 11.6. The predicted octanol–water partition coefficient (Wildman–Crippen LogP) is 5.16. The van der Waals surface area contributed by atoms with Gasteiger partial charge in [-0.15, -0.1) is 0 Å². The number of halogens is 1. The highest BCUT2D eigenvalue weighted by Crippen LogP contribution is 2.42. The summed E-state index contributed by atoms with van der Waals surface area (Å²) in [5, 5.41) is 15.0. The maximum atomic E-state index is 13.1. The number of anilines is 1. The van der Waals surface area contributed by atoms with Gasteiger partial charge in [-0.2, -0.15) is 0 Å². The van der Waals surface area contributed by atoms with Gasteiger partial charge in [0.25, 0.3) is 5.78 Å². The summed E-state index contributed by atoms with van der Waals surface area (Å²) >= 11 is 3.40. The van der Waals surface area contributed by atoms with Crippen molar-refractivity contribution >= 4 is 39.2 Å². The van der Waals surface area contributed by atoms with E-state index in [0.717, 1.165) is 10.9 Å². The Kier molecular flexibility index (Phi) is 6.14. The van der Waals surface area contributed by atoms with Crippen molar-refractivity contribution in [2.24, 2.45) is 0 Å². The second-order valence-corrected chi connectivity index (χ2v) is 8.30. The van der Waals surface area contributed by atoms with Crippen molar-refractivity contribution in [3.05, 3.63) is 81.5 Å². The van der Waals surface area contributed by atoms with Gasteiger partial charge in [0, 0.05) is 16.1 Å². The molecule has 0 aliphatic carbocycles. The molecule has 0 saturated carbocycles.